The predicted octanol–water partition coefficient (Wildman–Crippen LogP) is 2.54. The summed E-state index contributed by atoms with van der Waals surface area (Å²) in [5.74, 6) is -0.534. The van der Waals surface area contributed by atoms with E-state index < -0.39 is 5.91 Å². The van der Waals surface area contributed by atoms with E-state index in [4.69, 9.17) is 4.74 Å². The van der Waals surface area contributed by atoms with Crippen LogP contribution in [0.15, 0.2) is 48.2 Å². The highest BCUT2D eigenvalue weighted by Gasteiger charge is 2.14. The lowest BCUT2D eigenvalue weighted by atomic mass is 10.2. The second kappa shape index (κ2) is 7.49. The Morgan fingerprint density at radius 3 is 2.88 bits per heavy atom. The molecule has 0 aliphatic heterocycles. The third-order valence-electron chi connectivity index (χ3n) is 3.72. The van der Waals surface area contributed by atoms with Crippen molar-refractivity contribution in [2.75, 3.05) is 6.61 Å². The lowest BCUT2D eigenvalue weighted by Gasteiger charge is -2.03. The minimum atomic E-state index is -0.424. The Morgan fingerprint density at radius 1 is 1.42 bits per heavy atom. The molecular formula is C18H18N4O3S. The van der Waals surface area contributed by atoms with Gasteiger partial charge in [-0.25, -0.2) is 9.78 Å². The van der Waals surface area contributed by atoms with Crippen LogP contribution in [0.4, 0.5) is 0 Å². The van der Waals surface area contributed by atoms with Gasteiger partial charge in [0.1, 0.15) is 0 Å². The average molecular weight is 370 g/mol. The molecule has 0 aliphatic rings. The van der Waals surface area contributed by atoms with Crippen molar-refractivity contribution in [2.24, 2.45) is 12.0 Å². The van der Waals surface area contributed by atoms with Gasteiger partial charge in [0.15, 0.2) is 4.80 Å². The number of hydrogen-bond acceptors (Lipinski definition) is 5. The molecule has 0 atom stereocenters. The van der Waals surface area contributed by atoms with Crippen molar-refractivity contribution in [2.45, 2.75) is 13.5 Å². The molecule has 2 aromatic heterocycles. The average Bonchev–Trinajstić information content (AvgIpc) is 3.19. The molecule has 0 fully saturated rings. The molecule has 134 valence electrons. The number of aromatic nitrogens is 3. The maximum Gasteiger partial charge on any atom is 0.338 e. The number of esters is 1. The van der Waals surface area contributed by atoms with E-state index in [2.05, 4.69) is 16.6 Å². The molecule has 1 aromatic carbocycles. The maximum atomic E-state index is 12.4. The van der Waals surface area contributed by atoms with Crippen molar-refractivity contribution in [3.05, 3.63) is 59.4 Å². The van der Waals surface area contributed by atoms with Gasteiger partial charge in [0.05, 0.1) is 22.4 Å². The van der Waals surface area contributed by atoms with Gasteiger partial charge in [-0.1, -0.05) is 17.4 Å². The summed E-state index contributed by atoms with van der Waals surface area (Å²) in [5.41, 5.74) is 1.34. The monoisotopic (exact) mass is 370 g/mol. The topological polar surface area (TPSA) is 78.5 Å². The van der Waals surface area contributed by atoms with Gasteiger partial charge in [0.2, 0.25) is 5.82 Å². The van der Waals surface area contributed by atoms with Gasteiger partial charge in [-0.2, -0.15) is 4.99 Å². The molecule has 0 radical (unpaired) electrons. The Hall–Kier alpha value is -3.00. The molecule has 3 rings (SSSR count). The molecule has 0 unspecified atom stereocenters. The summed E-state index contributed by atoms with van der Waals surface area (Å²) in [6, 6.07) is 5.28. The van der Waals surface area contributed by atoms with Crippen molar-refractivity contribution in [1.29, 1.82) is 0 Å². The number of rotatable bonds is 5. The number of carbonyl (C=O) groups excluding carboxylic acids is 2. The van der Waals surface area contributed by atoms with Crippen LogP contribution in [0.1, 0.15) is 27.9 Å². The highest BCUT2D eigenvalue weighted by Crippen LogP contribution is 2.20. The minimum Gasteiger partial charge on any atom is -0.462 e. The second-order valence-corrected chi connectivity index (χ2v) is 6.47. The number of thiazole rings is 1. The zero-order valence-corrected chi connectivity index (χ0v) is 15.3. The Balaban J connectivity index is 2.12. The van der Waals surface area contributed by atoms with Gasteiger partial charge in [-0.05, 0) is 25.1 Å². The first-order valence-electron chi connectivity index (χ1n) is 8.03. The summed E-state index contributed by atoms with van der Waals surface area (Å²) < 4.78 is 9.38. The summed E-state index contributed by atoms with van der Waals surface area (Å²) in [6.45, 7) is 6.33. The fourth-order valence-electron chi connectivity index (χ4n) is 2.51. The lowest BCUT2D eigenvalue weighted by molar-refractivity contribution is 0.0526. The number of carbonyl (C=O) groups is 2. The van der Waals surface area contributed by atoms with E-state index in [0.717, 1.165) is 10.2 Å². The fourth-order valence-corrected chi connectivity index (χ4v) is 3.59. The van der Waals surface area contributed by atoms with Gasteiger partial charge in [-0.3, -0.25) is 4.79 Å². The number of ether oxygens (including phenoxy) is 1. The summed E-state index contributed by atoms with van der Waals surface area (Å²) in [4.78, 5) is 33.2. The summed E-state index contributed by atoms with van der Waals surface area (Å²) in [6.07, 6.45) is 4.98. The van der Waals surface area contributed by atoms with Crippen LogP contribution >= 0.6 is 11.3 Å². The number of nitrogens with zero attached hydrogens (tertiary/aromatic N) is 4. The van der Waals surface area contributed by atoms with Gasteiger partial charge in [-0.15, -0.1) is 6.58 Å². The minimum absolute atomic E-state index is 0.264. The molecule has 1 amide bonds. The van der Waals surface area contributed by atoms with Gasteiger partial charge in [0, 0.05) is 26.0 Å². The SMILES string of the molecule is C=CCn1c(=NC(=O)c2nccn2C)sc2cc(C(=O)OCC)ccc21. The van der Waals surface area contributed by atoms with E-state index in [1.807, 2.05) is 10.6 Å². The number of amides is 1. The molecule has 26 heavy (non-hydrogen) atoms. The fraction of sp³-hybridized carbons (Fsp3) is 0.222. The van der Waals surface area contributed by atoms with Crippen molar-refractivity contribution < 1.29 is 14.3 Å². The summed E-state index contributed by atoms with van der Waals surface area (Å²) in [7, 11) is 1.74. The van der Waals surface area contributed by atoms with Crippen LogP contribution in [-0.4, -0.2) is 32.6 Å². The van der Waals surface area contributed by atoms with Gasteiger partial charge >= 0.3 is 11.9 Å². The van der Waals surface area contributed by atoms with Crippen LogP contribution < -0.4 is 4.80 Å². The van der Waals surface area contributed by atoms with E-state index in [-0.39, 0.29) is 11.8 Å². The van der Waals surface area contributed by atoms with Crippen LogP contribution in [0.2, 0.25) is 0 Å². The Morgan fingerprint density at radius 2 is 2.23 bits per heavy atom. The molecule has 0 saturated heterocycles. The molecule has 3 aromatic rings. The molecule has 8 heteroatoms. The quantitative estimate of drug-likeness (QED) is 0.511. The number of aryl methyl sites for hydroxylation is 1. The number of hydrogen-bond donors (Lipinski definition) is 0. The van der Waals surface area contributed by atoms with Crippen LogP contribution in [-0.2, 0) is 18.3 Å². The molecule has 2 heterocycles. The lowest BCUT2D eigenvalue weighted by Crippen LogP contribution is -2.17. The molecule has 0 spiro atoms. The molecular weight excluding hydrogens is 352 g/mol. The van der Waals surface area contributed by atoms with Crippen LogP contribution in [0.25, 0.3) is 10.2 Å². The standard InChI is InChI=1S/C18H18N4O3S/c1-4-9-22-13-7-6-12(17(24)25-5-2)11-14(13)26-18(22)20-16(23)15-19-8-10-21(15)3/h4,6-8,10-11H,1,5,9H2,2-3H3. The van der Waals surface area contributed by atoms with E-state index in [1.165, 1.54) is 11.3 Å². The number of fused-ring (bicyclic) bond motifs is 1. The first-order chi connectivity index (χ1) is 12.5. The predicted molar refractivity (Wildman–Crippen MR) is 99.1 cm³/mol. The summed E-state index contributed by atoms with van der Waals surface area (Å²) >= 11 is 1.33. The van der Waals surface area contributed by atoms with Crippen LogP contribution in [0.5, 0.6) is 0 Å². The highest BCUT2D eigenvalue weighted by atomic mass is 32.1. The largest absolute Gasteiger partial charge is 0.462 e. The zero-order valence-electron chi connectivity index (χ0n) is 14.5. The highest BCUT2D eigenvalue weighted by molar-refractivity contribution is 7.16. The molecule has 0 aliphatic carbocycles. The van der Waals surface area contributed by atoms with Crippen molar-refractivity contribution in [3.8, 4) is 0 Å². The third-order valence-corrected chi connectivity index (χ3v) is 4.76. The van der Waals surface area contributed by atoms with E-state index in [0.29, 0.717) is 23.5 Å². The van der Waals surface area contributed by atoms with Crippen molar-refractivity contribution >= 4 is 33.4 Å². The Labute approximate surface area is 153 Å². The number of benzene rings is 1. The molecule has 0 bridgehead atoms. The Kier molecular flexibility index (Phi) is 5.13. The number of imidazole rings is 1. The van der Waals surface area contributed by atoms with Crippen molar-refractivity contribution in [3.63, 3.8) is 0 Å². The Bertz CT molecular complexity index is 1060. The van der Waals surface area contributed by atoms with Crippen molar-refractivity contribution in [1.82, 2.24) is 14.1 Å². The first kappa shape index (κ1) is 17.8. The van der Waals surface area contributed by atoms with E-state index in [9.17, 15) is 9.59 Å². The third kappa shape index (κ3) is 3.36. The first-order valence-corrected chi connectivity index (χ1v) is 8.84. The van der Waals surface area contributed by atoms with Crippen LogP contribution in [0.3, 0.4) is 0 Å². The molecule has 7 nitrogen and oxygen atoms in total. The zero-order chi connectivity index (χ0) is 18.7. The second-order valence-electron chi connectivity index (χ2n) is 5.47. The smallest absolute Gasteiger partial charge is 0.338 e. The normalized spacial score (nSPS) is 11.7. The van der Waals surface area contributed by atoms with E-state index in [1.54, 1.807) is 49.1 Å². The van der Waals surface area contributed by atoms with Gasteiger partial charge in [0.25, 0.3) is 0 Å². The van der Waals surface area contributed by atoms with Crippen LogP contribution in [0, 0.1) is 0 Å². The number of allylic oxidation sites excluding steroid dienone is 1. The van der Waals surface area contributed by atoms with Gasteiger partial charge < -0.3 is 13.9 Å². The maximum absolute atomic E-state index is 12.4. The molecule has 0 N–H and O–H groups in total. The molecule has 0 saturated carbocycles. The van der Waals surface area contributed by atoms with E-state index >= 15 is 0 Å². The summed E-state index contributed by atoms with van der Waals surface area (Å²) in [5, 5.41) is 0.